The third kappa shape index (κ3) is 14.6. The Hall–Kier alpha value is -5.26. The van der Waals surface area contributed by atoms with Crippen LogP contribution in [0, 0.1) is 30.3 Å². The molecule has 3 saturated heterocycles. The normalized spacial score (nSPS) is 19.5. The molecule has 0 saturated carbocycles. The van der Waals surface area contributed by atoms with E-state index in [2.05, 4.69) is 26.9 Å². The molecule has 296 valence electrons. The van der Waals surface area contributed by atoms with Crippen LogP contribution in [0.5, 0.6) is 5.75 Å². The Labute approximate surface area is 316 Å². The average Bonchev–Trinajstić information content (AvgIpc) is 3.78. The molecule has 0 bridgehead atoms. The van der Waals surface area contributed by atoms with Crippen LogP contribution < -0.4 is 9.64 Å². The van der Waals surface area contributed by atoms with E-state index in [1.807, 2.05) is 33.9 Å². The number of carbonyl (C=O) groups is 1. The predicted octanol–water partition coefficient (Wildman–Crippen LogP) is 2.48. The third-order valence-electron chi connectivity index (χ3n) is 7.88. The van der Waals surface area contributed by atoms with Crippen LogP contribution in [0.3, 0.4) is 0 Å². The van der Waals surface area contributed by atoms with Crippen LogP contribution in [-0.2, 0) is 31.3 Å². The van der Waals surface area contributed by atoms with Gasteiger partial charge < -0.3 is 48.9 Å². The molecular formula is C30H38Cl2N8O14. The lowest BCUT2D eigenvalue weighted by Gasteiger charge is -2.37. The molecule has 1 aromatic heterocycles. The highest BCUT2D eigenvalue weighted by Gasteiger charge is 2.45. The number of hydrogen-bond donors (Lipinski definition) is 3. The highest BCUT2D eigenvalue weighted by Crippen LogP contribution is 2.40. The van der Waals surface area contributed by atoms with Gasteiger partial charge in [-0.15, -0.1) is 30.3 Å². The summed E-state index contributed by atoms with van der Waals surface area (Å²) in [6.07, 6.45) is 4.98. The summed E-state index contributed by atoms with van der Waals surface area (Å²) in [5, 5.41) is 41.9. The molecule has 2 atom stereocenters. The number of ether oxygens (including phenoxy) is 4. The minimum atomic E-state index is -1.50. The van der Waals surface area contributed by atoms with Crippen molar-refractivity contribution in [2.24, 2.45) is 0 Å². The van der Waals surface area contributed by atoms with Gasteiger partial charge in [0.25, 0.3) is 15.3 Å². The summed E-state index contributed by atoms with van der Waals surface area (Å²) in [6, 6.07) is 13.4. The van der Waals surface area contributed by atoms with E-state index in [-0.39, 0.29) is 12.0 Å². The van der Waals surface area contributed by atoms with Crippen LogP contribution in [0.15, 0.2) is 61.2 Å². The summed E-state index contributed by atoms with van der Waals surface area (Å²) in [4.78, 5) is 48.4. The molecule has 6 rings (SSSR count). The molecule has 24 heteroatoms. The van der Waals surface area contributed by atoms with E-state index in [0.717, 1.165) is 50.7 Å². The van der Waals surface area contributed by atoms with E-state index < -0.39 is 21.0 Å². The largest absolute Gasteiger partial charge is 0.491 e. The summed E-state index contributed by atoms with van der Waals surface area (Å²) in [5.41, 5.74) is 1.82. The number of nitrogens with zero attached hydrogens (tertiary/aromatic N) is 8. The van der Waals surface area contributed by atoms with E-state index >= 15 is 0 Å². The average molecular weight is 806 g/mol. The highest BCUT2D eigenvalue weighted by atomic mass is 35.5. The Balaban J connectivity index is 0.000000574. The number of aromatic nitrogens is 2. The maximum Gasteiger partial charge on any atom is 0.291 e. The minimum Gasteiger partial charge on any atom is -0.491 e. The molecule has 3 N–H and O–H groups in total. The maximum atomic E-state index is 12.7. The zero-order valence-electron chi connectivity index (χ0n) is 28.5. The molecule has 0 aliphatic carbocycles. The van der Waals surface area contributed by atoms with Gasteiger partial charge in [-0.25, -0.2) is 4.98 Å². The Morgan fingerprint density at radius 3 is 2.09 bits per heavy atom. The topological polar surface area (TPSA) is 272 Å². The first kappa shape index (κ1) is 43.1. The predicted molar refractivity (Wildman–Crippen MR) is 186 cm³/mol. The van der Waals surface area contributed by atoms with Gasteiger partial charge in [-0.3, -0.25) is 9.69 Å². The summed E-state index contributed by atoms with van der Waals surface area (Å²) >= 11 is 12.7. The van der Waals surface area contributed by atoms with Gasteiger partial charge >= 0.3 is 0 Å². The number of benzene rings is 2. The lowest BCUT2D eigenvalue weighted by atomic mass is 10.1. The first-order chi connectivity index (χ1) is 25.7. The Morgan fingerprint density at radius 2 is 1.54 bits per heavy atom. The Bertz CT molecular complexity index is 1600. The molecule has 3 aromatic rings. The van der Waals surface area contributed by atoms with Gasteiger partial charge in [0.05, 0.1) is 44.3 Å². The second-order valence-electron chi connectivity index (χ2n) is 11.4. The first-order valence-electron chi connectivity index (χ1n) is 16.0. The molecule has 0 spiro atoms. The zero-order valence-corrected chi connectivity index (χ0v) is 30.0. The number of anilines is 1. The number of morpholine rings is 1. The van der Waals surface area contributed by atoms with E-state index in [4.69, 9.17) is 88.1 Å². The van der Waals surface area contributed by atoms with Gasteiger partial charge in [0.15, 0.2) is 0 Å². The Morgan fingerprint density at radius 1 is 0.926 bits per heavy atom. The fraction of sp³-hybridized carbons (Fsp3) is 0.467. The van der Waals surface area contributed by atoms with Crippen molar-refractivity contribution in [1.82, 2.24) is 19.4 Å². The van der Waals surface area contributed by atoms with Crippen molar-refractivity contribution in [3.63, 3.8) is 0 Å². The number of hydrogen-bond acceptors (Lipinski definition) is 14. The number of piperazine rings is 1. The highest BCUT2D eigenvalue weighted by molar-refractivity contribution is 6.35. The summed E-state index contributed by atoms with van der Waals surface area (Å²) < 4.78 is 26.1. The lowest BCUT2D eigenvalue weighted by Crippen LogP contribution is -2.52. The van der Waals surface area contributed by atoms with E-state index in [0.29, 0.717) is 55.1 Å². The molecular weight excluding hydrogens is 767 g/mol. The van der Waals surface area contributed by atoms with Gasteiger partial charge in [-0.05, 0) is 36.4 Å². The van der Waals surface area contributed by atoms with Crippen LogP contribution in [-0.4, -0.2) is 134 Å². The SMILES string of the molecule is O=C(CN1CCOCC1)N1CCN(c2ccc(OC[C@@H]3CO[C@@](Cn4ccnc4)(c4ccc(Cl)cc4Cl)O3)cc2)CC1.O=[N+]([O-])O.O=[N+]([O-])O.O=[N+]([O-])O. The number of carbonyl (C=O) groups excluding carboxylic acids is 1. The van der Waals surface area contributed by atoms with Crippen molar-refractivity contribution in [2.45, 2.75) is 18.4 Å². The monoisotopic (exact) mass is 804 g/mol. The van der Waals surface area contributed by atoms with Crippen LogP contribution in [0.1, 0.15) is 5.56 Å². The fourth-order valence-corrected chi connectivity index (χ4v) is 6.13. The number of imidazole rings is 1. The number of amides is 1. The van der Waals surface area contributed by atoms with Crippen LogP contribution >= 0.6 is 23.2 Å². The molecule has 3 aliphatic rings. The van der Waals surface area contributed by atoms with E-state index in [9.17, 15) is 4.79 Å². The molecule has 0 unspecified atom stereocenters. The maximum absolute atomic E-state index is 12.7. The smallest absolute Gasteiger partial charge is 0.291 e. The molecule has 4 heterocycles. The molecule has 3 fully saturated rings. The van der Waals surface area contributed by atoms with Crippen LogP contribution in [0.2, 0.25) is 10.0 Å². The van der Waals surface area contributed by atoms with Gasteiger partial charge in [0, 0.05) is 67.9 Å². The third-order valence-corrected chi connectivity index (χ3v) is 8.43. The minimum absolute atomic E-state index is 0.200. The first-order valence-corrected chi connectivity index (χ1v) is 16.7. The van der Waals surface area contributed by atoms with E-state index in [1.165, 1.54) is 0 Å². The van der Waals surface area contributed by atoms with Gasteiger partial charge in [0.2, 0.25) is 11.7 Å². The molecule has 0 radical (unpaired) electrons. The van der Waals surface area contributed by atoms with Crippen LogP contribution in [0.4, 0.5) is 5.69 Å². The standard InChI is InChI=1S/C30H35Cl2N5O5.3HNO3/c31-23-1-6-27(28(32)17-23)30(21-35-8-7-33-22-35)41-20-26(42-30)19-40-25-4-2-24(3-5-25)36-9-11-37(12-10-36)29(38)18-34-13-15-39-16-14-34;3*2-1(3)4/h1-8,17,22,26H,9-16,18-21H2;3*(H,2,3,4)/t26-,30-;;;/m1.../s1. The van der Waals surface area contributed by atoms with Crippen molar-refractivity contribution in [1.29, 1.82) is 0 Å². The van der Waals surface area contributed by atoms with Crippen molar-refractivity contribution in [2.75, 3.05) is 77.1 Å². The summed E-state index contributed by atoms with van der Waals surface area (Å²) in [5.74, 6) is -0.143. The van der Waals surface area contributed by atoms with Crippen molar-refractivity contribution in [3.05, 3.63) is 107 Å². The van der Waals surface area contributed by atoms with Crippen LogP contribution in [0.25, 0.3) is 0 Å². The van der Waals surface area contributed by atoms with Crippen molar-refractivity contribution >= 4 is 34.8 Å². The van der Waals surface area contributed by atoms with E-state index in [1.54, 1.807) is 24.7 Å². The second-order valence-corrected chi connectivity index (χ2v) is 12.3. The molecule has 2 aromatic carbocycles. The fourth-order valence-electron chi connectivity index (χ4n) is 5.58. The number of rotatable bonds is 9. The number of halogens is 2. The summed E-state index contributed by atoms with van der Waals surface area (Å²) in [7, 11) is 0. The molecule has 54 heavy (non-hydrogen) atoms. The quantitative estimate of drug-likeness (QED) is 0.207. The van der Waals surface area contributed by atoms with Gasteiger partial charge in [0.1, 0.15) is 18.5 Å². The zero-order chi connectivity index (χ0) is 39.7. The molecule has 1 amide bonds. The summed E-state index contributed by atoms with van der Waals surface area (Å²) in [6.45, 7) is 7.61. The Kier molecular flexibility index (Phi) is 17.1. The molecule has 3 aliphatic heterocycles. The molecule has 22 nitrogen and oxygen atoms in total. The second kappa shape index (κ2) is 21.4. The van der Waals surface area contributed by atoms with Crippen molar-refractivity contribution in [3.8, 4) is 5.75 Å². The lowest BCUT2D eigenvalue weighted by molar-refractivity contribution is -0.742. The van der Waals surface area contributed by atoms with Crippen molar-refractivity contribution < 1.29 is 54.6 Å². The van der Waals surface area contributed by atoms with Gasteiger partial charge in [-0.1, -0.05) is 29.3 Å². The van der Waals surface area contributed by atoms with Gasteiger partial charge in [-0.2, -0.15) is 0 Å².